The smallest absolute Gasteiger partial charge is 0.382 e. The summed E-state index contributed by atoms with van der Waals surface area (Å²) in [4.78, 5) is 23.1. The van der Waals surface area contributed by atoms with Gasteiger partial charge in [-0.15, -0.1) is 0 Å². The molecule has 0 bridgehead atoms. The molecular weight excluding hydrogens is 500 g/mol. The number of hydrogen-bond acceptors (Lipinski definition) is 4. The summed E-state index contributed by atoms with van der Waals surface area (Å²) in [5.74, 6) is -0.549. The topological polar surface area (TPSA) is 82.7 Å². The Morgan fingerprint density at radius 3 is 2.49 bits per heavy atom. The molecule has 37 heavy (non-hydrogen) atoms. The maximum Gasteiger partial charge on any atom is 0.433 e. The van der Waals surface area contributed by atoms with Crippen LogP contribution in [0, 0.1) is 0 Å². The number of carbonyl (C=O) groups is 1. The van der Waals surface area contributed by atoms with Gasteiger partial charge in [-0.3, -0.25) is 4.79 Å². The minimum absolute atomic E-state index is 0.0404. The molecule has 12 heteroatoms. The van der Waals surface area contributed by atoms with E-state index in [4.69, 9.17) is 0 Å². The largest absolute Gasteiger partial charge is 0.433 e. The number of halogens is 6. The monoisotopic (exact) mass is 521 g/mol. The van der Waals surface area contributed by atoms with Crippen molar-refractivity contribution >= 4 is 33.5 Å². The Kier molecular flexibility index (Phi) is 6.20. The second kappa shape index (κ2) is 9.24. The van der Waals surface area contributed by atoms with E-state index >= 15 is 0 Å². The number of alkyl halides is 6. The van der Waals surface area contributed by atoms with E-state index < -0.39 is 29.5 Å². The van der Waals surface area contributed by atoms with E-state index in [0.29, 0.717) is 43.0 Å². The van der Waals surface area contributed by atoms with Crippen LogP contribution in [0.5, 0.6) is 0 Å². The molecule has 3 aromatic heterocycles. The van der Waals surface area contributed by atoms with Gasteiger partial charge in [0.2, 0.25) is 0 Å². The zero-order valence-electron chi connectivity index (χ0n) is 19.2. The molecule has 2 atom stereocenters. The summed E-state index contributed by atoms with van der Waals surface area (Å²) < 4.78 is 79.6. The lowest BCUT2D eigenvalue weighted by Gasteiger charge is -2.31. The van der Waals surface area contributed by atoms with E-state index in [1.807, 2.05) is 0 Å². The van der Waals surface area contributed by atoms with Gasteiger partial charge < -0.3 is 15.6 Å². The maximum absolute atomic E-state index is 13.4. The third-order valence-electron chi connectivity index (χ3n) is 6.48. The zero-order chi connectivity index (χ0) is 26.4. The molecule has 1 aliphatic rings. The van der Waals surface area contributed by atoms with Gasteiger partial charge in [0.25, 0.3) is 5.91 Å². The minimum atomic E-state index is -4.61. The maximum atomic E-state index is 13.4. The Hall–Kier alpha value is -3.83. The molecule has 3 heterocycles. The normalized spacial score (nSPS) is 18.8. The molecule has 194 valence electrons. The van der Waals surface area contributed by atoms with Crippen LogP contribution < -0.4 is 10.6 Å². The number of nitrogens with zero attached hydrogens (tertiary/aromatic N) is 2. The lowest BCUT2D eigenvalue weighted by atomic mass is 9.90. The molecule has 0 radical (unpaired) electrons. The van der Waals surface area contributed by atoms with Crippen LogP contribution in [0.1, 0.15) is 47.3 Å². The van der Waals surface area contributed by atoms with Gasteiger partial charge in [-0.2, -0.15) is 26.3 Å². The average molecular weight is 521 g/mol. The standard InChI is InChI=1S/C25H21F6N5O/c26-24(27,28)13-8-17-18(12-33-22(17)32-11-13)23(37)35-15-5-3-4-14(9-15)34-20-10-21(25(29,30)31)36-19-7-2-1-6-16(19)20/h1-2,6-8,10-12,14-15H,3-5,9H2,(H,32,33)(H,34,36)(H,35,37)/t14-,15+/m0/s1. The highest BCUT2D eigenvalue weighted by Gasteiger charge is 2.34. The van der Waals surface area contributed by atoms with E-state index in [0.717, 1.165) is 12.1 Å². The first-order chi connectivity index (χ1) is 17.5. The van der Waals surface area contributed by atoms with Crippen molar-refractivity contribution in [1.29, 1.82) is 0 Å². The Morgan fingerprint density at radius 2 is 1.73 bits per heavy atom. The molecule has 5 rings (SSSR count). The fraction of sp³-hybridized carbons (Fsp3) is 0.320. The SMILES string of the molecule is O=C(N[C@@H]1CCC[C@H](Nc2cc(C(F)(F)F)nc3ccccc23)C1)c1c[nH]c2ncc(C(F)(F)F)cc12. The molecule has 1 saturated carbocycles. The number of pyridine rings is 2. The number of para-hydroxylation sites is 1. The van der Waals surface area contributed by atoms with Gasteiger partial charge in [0, 0.05) is 40.9 Å². The molecule has 3 N–H and O–H groups in total. The summed E-state index contributed by atoms with van der Waals surface area (Å²) >= 11 is 0. The second-order valence-corrected chi connectivity index (χ2v) is 9.07. The number of nitrogens with one attached hydrogen (secondary N) is 3. The van der Waals surface area contributed by atoms with Crippen molar-refractivity contribution in [2.75, 3.05) is 5.32 Å². The van der Waals surface area contributed by atoms with Gasteiger partial charge in [-0.05, 0) is 43.9 Å². The van der Waals surface area contributed by atoms with Crippen molar-refractivity contribution in [2.45, 2.75) is 50.1 Å². The number of rotatable bonds is 4. The number of aromatic amines is 1. The summed E-state index contributed by atoms with van der Waals surface area (Å²) in [6.45, 7) is 0. The number of amides is 1. The number of benzene rings is 1. The lowest BCUT2D eigenvalue weighted by molar-refractivity contribution is -0.141. The van der Waals surface area contributed by atoms with Crippen LogP contribution in [-0.4, -0.2) is 32.9 Å². The van der Waals surface area contributed by atoms with Crippen LogP contribution in [0.3, 0.4) is 0 Å². The highest BCUT2D eigenvalue weighted by molar-refractivity contribution is 6.06. The van der Waals surface area contributed by atoms with Gasteiger partial charge in [0.15, 0.2) is 0 Å². The molecule has 0 aliphatic heterocycles. The van der Waals surface area contributed by atoms with Crippen molar-refractivity contribution < 1.29 is 31.1 Å². The Morgan fingerprint density at radius 1 is 0.973 bits per heavy atom. The second-order valence-electron chi connectivity index (χ2n) is 9.07. The van der Waals surface area contributed by atoms with Crippen molar-refractivity contribution in [3.8, 4) is 0 Å². The van der Waals surface area contributed by atoms with E-state index in [1.54, 1.807) is 18.2 Å². The zero-order valence-corrected chi connectivity index (χ0v) is 19.2. The fourth-order valence-corrected chi connectivity index (χ4v) is 4.72. The molecule has 0 unspecified atom stereocenters. The average Bonchev–Trinajstić information content (AvgIpc) is 3.27. The molecular formula is C25H21F6N5O. The van der Waals surface area contributed by atoms with Gasteiger partial charge in [0.1, 0.15) is 11.3 Å². The van der Waals surface area contributed by atoms with Gasteiger partial charge in [0.05, 0.1) is 16.6 Å². The number of H-pyrrole nitrogens is 1. The summed E-state index contributed by atoms with van der Waals surface area (Å²) in [6, 6.07) is 7.85. The molecule has 1 amide bonds. The first-order valence-corrected chi connectivity index (χ1v) is 11.6. The van der Waals surface area contributed by atoms with Crippen molar-refractivity contribution in [3.63, 3.8) is 0 Å². The van der Waals surface area contributed by atoms with Crippen molar-refractivity contribution in [3.05, 3.63) is 65.6 Å². The number of carbonyl (C=O) groups excluding carboxylic acids is 1. The van der Waals surface area contributed by atoms with E-state index in [1.165, 1.54) is 12.3 Å². The van der Waals surface area contributed by atoms with E-state index in [9.17, 15) is 31.1 Å². The third kappa shape index (κ3) is 5.18. The van der Waals surface area contributed by atoms with Gasteiger partial charge in [-0.1, -0.05) is 18.2 Å². The quantitative estimate of drug-likeness (QED) is 0.275. The van der Waals surface area contributed by atoms with Gasteiger partial charge in [-0.25, -0.2) is 9.97 Å². The van der Waals surface area contributed by atoms with Crippen LogP contribution in [0.4, 0.5) is 32.0 Å². The summed E-state index contributed by atoms with van der Waals surface area (Å²) in [7, 11) is 0. The lowest BCUT2D eigenvalue weighted by Crippen LogP contribution is -2.41. The van der Waals surface area contributed by atoms with Crippen molar-refractivity contribution in [1.82, 2.24) is 20.3 Å². The minimum Gasteiger partial charge on any atom is -0.382 e. The van der Waals surface area contributed by atoms with Crippen molar-refractivity contribution in [2.24, 2.45) is 0 Å². The Bertz CT molecular complexity index is 1460. The predicted octanol–water partition coefficient (Wildman–Crippen LogP) is 6.30. The number of hydrogen-bond donors (Lipinski definition) is 3. The Labute approximate surface area is 206 Å². The molecule has 6 nitrogen and oxygen atoms in total. The number of aromatic nitrogens is 3. The highest BCUT2D eigenvalue weighted by atomic mass is 19.4. The van der Waals surface area contributed by atoms with Crippen LogP contribution in [0.15, 0.2) is 48.8 Å². The summed E-state index contributed by atoms with van der Waals surface area (Å²) in [5.41, 5.74) is -1.24. The third-order valence-corrected chi connectivity index (χ3v) is 6.48. The highest BCUT2D eigenvalue weighted by Crippen LogP contribution is 2.35. The van der Waals surface area contributed by atoms with Crippen LogP contribution in [0.2, 0.25) is 0 Å². The molecule has 1 aliphatic carbocycles. The van der Waals surface area contributed by atoms with E-state index in [-0.39, 0.29) is 34.2 Å². The number of fused-ring (bicyclic) bond motifs is 2. The molecule has 0 saturated heterocycles. The first-order valence-electron chi connectivity index (χ1n) is 11.6. The summed E-state index contributed by atoms with van der Waals surface area (Å²) in [5, 5.41) is 6.66. The molecule has 0 spiro atoms. The van der Waals surface area contributed by atoms with Gasteiger partial charge >= 0.3 is 12.4 Å². The summed E-state index contributed by atoms with van der Waals surface area (Å²) in [6.07, 6.45) is -4.76. The Balaban J connectivity index is 1.34. The number of anilines is 1. The molecule has 1 fully saturated rings. The first kappa shape index (κ1) is 24.8. The predicted molar refractivity (Wildman–Crippen MR) is 125 cm³/mol. The van der Waals surface area contributed by atoms with E-state index in [2.05, 4.69) is 25.6 Å². The molecule has 1 aromatic carbocycles. The van der Waals surface area contributed by atoms with Crippen LogP contribution in [0.25, 0.3) is 21.9 Å². The molecule has 4 aromatic rings. The fourth-order valence-electron chi connectivity index (χ4n) is 4.72. The van der Waals surface area contributed by atoms with Crippen LogP contribution in [-0.2, 0) is 12.4 Å². The van der Waals surface area contributed by atoms with Crippen LogP contribution >= 0.6 is 0 Å².